The average Bonchev–Trinajstić information content (AvgIpc) is 2.97. The van der Waals surface area contributed by atoms with E-state index in [0.717, 1.165) is 12.5 Å². The molecule has 0 spiro atoms. The maximum atomic E-state index is 12.0. The summed E-state index contributed by atoms with van der Waals surface area (Å²) in [6.45, 7) is 11.3. The number of thioether (sulfide) groups is 1. The lowest BCUT2D eigenvalue weighted by Crippen LogP contribution is -2.50. The van der Waals surface area contributed by atoms with Crippen LogP contribution in [0, 0.1) is 5.92 Å². The van der Waals surface area contributed by atoms with Crippen molar-refractivity contribution in [3.05, 3.63) is 0 Å². The monoisotopic (exact) mass is 358 g/mol. The van der Waals surface area contributed by atoms with Crippen molar-refractivity contribution in [2.75, 3.05) is 25.9 Å². The molecule has 1 heterocycles. The fourth-order valence-corrected chi connectivity index (χ4v) is 3.56. The van der Waals surface area contributed by atoms with E-state index in [1.165, 1.54) is 18.6 Å². The van der Waals surface area contributed by atoms with Crippen LogP contribution in [0.3, 0.4) is 0 Å². The predicted molar refractivity (Wildman–Crippen MR) is 103 cm³/mol. The van der Waals surface area contributed by atoms with Gasteiger partial charge in [-0.1, -0.05) is 13.8 Å². The largest absolute Gasteiger partial charge is 0.444 e. The van der Waals surface area contributed by atoms with E-state index < -0.39 is 5.60 Å². The topological polar surface area (TPSA) is 74.8 Å². The number of carbonyl (C=O) groups excluding carboxylic acids is 1. The van der Waals surface area contributed by atoms with Crippen molar-refractivity contribution in [2.45, 2.75) is 64.4 Å². The molecule has 6 nitrogen and oxygen atoms in total. The molecule has 2 unspecified atom stereocenters. The van der Waals surface area contributed by atoms with Crippen LogP contribution in [0.25, 0.3) is 0 Å². The molecule has 2 atom stereocenters. The molecule has 0 aromatic heterocycles. The van der Waals surface area contributed by atoms with Crippen LogP contribution in [0.15, 0.2) is 4.99 Å². The van der Waals surface area contributed by atoms with Gasteiger partial charge in [0.2, 0.25) is 0 Å². The van der Waals surface area contributed by atoms with Gasteiger partial charge in [0.05, 0.1) is 6.04 Å². The van der Waals surface area contributed by atoms with Gasteiger partial charge in [-0.15, -0.1) is 0 Å². The zero-order valence-electron chi connectivity index (χ0n) is 15.9. The Morgan fingerprint density at radius 1 is 1.33 bits per heavy atom. The number of guanidine groups is 1. The van der Waals surface area contributed by atoms with Crippen molar-refractivity contribution in [1.82, 2.24) is 16.0 Å². The van der Waals surface area contributed by atoms with Gasteiger partial charge in [0.15, 0.2) is 5.96 Å². The van der Waals surface area contributed by atoms with Crippen molar-refractivity contribution in [2.24, 2.45) is 10.9 Å². The minimum atomic E-state index is -0.490. The van der Waals surface area contributed by atoms with Crippen LogP contribution in [-0.4, -0.2) is 54.8 Å². The first-order valence-electron chi connectivity index (χ1n) is 8.77. The van der Waals surface area contributed by atoms with Crippen LogP contribution in [-0.2, 0) is 4.74 Å². The van der Waals surface area contributed by atoms with Gasteiger partial charge in [-0.2, -0.15) is 11.8 Å². The highest BCUT2D eigenvalue weighted by molar-refractivity contribution is 8.00. The molecule has 1 aliphatic heterocycles. The second-order valence-corrected chi connectivity index (χ2v) is 8.87. The normalized spacial score (nSPS) is 20.0. The van der Waals surface area contributed by atoms with E-state index in [1.807, 2.05) is 32.5 Å². The molecule has 3 N–H and O–H groups in total. The van der Waals surface area contributed by atoms with E-state index in [2.05, 4.69) is 34.8 Å². The van der Waals surface area contributed by atoms with Gasteiger partial charge in [-0.05, 0) is 45.3 Å². The fourth-order valence-electron chi connectivity index (χ4n) is 2.36. The summed E-state index contributed by atoms with van der Waals surface area (Å²) in [5.74, 6) is 2.32. The van der Waals surface area contributed by atoms with Crippen LogP contribution in [0.2, 0.25) is 0 Å². The van der Waals surface area contributed by atoms with E-state index in [0.29, 0.717) is 11.8 Å². The predicted octanol–water partition coefficient (Wildman–Crippen LogP) is 2.60. The van der Waals surface area contributed by atoms with Crippen molar-refractivity contribution in [3.63, 3.8) is 0 Å². The van der Waals surface area contributed by atoms with Crippen molar-refractivity contribution >= 4 is 23.8 Å². The highest BCUT2D eigenvalue weighted by atomic mass is 32.2. The third kappa shape index (κ3) is 8.66. The minimum absolute atomic E-state index is 0.0285. The molecular weight excluding hydrogens is 324 g/mol. The molecule has 0 aromatic carbocycles. The molecule has 140 valence electrons. The lowest BCUT2D eigenvalue weighted by molar-refractivity contribution is 0.0491. The number of ether oxygens (including phenoxy) is 1. The number of hydrogen-bond acceptors (Lipinski definition) is 4. The van der Waals surface area contributed by atoms with Crippen molar-refractivity contribution in [1.29, 1.82) is 0 Å². The Balaban J connectivity index is 2.41. The molecule has 7 heteroatoms. The van der Waals surface area contributed by atoms with Gasteiger partial charge >= 0.3 is 6.09 Å². The Kier molecular flexibility index (Phi) is 8.73. The highest BCUT2D eigenvalue weighted by Gasteiger charge is 2.22. The summed E-state index contributed by atoms with van der Waals surface area (Å²) in [6, 6.07) is -0.0285. The number of aliphatic imine (C=N–C) groups is 1. The van der Waals surface area contributed by atoms with Crippen molar-refractivity contribution < 1.29 is 9.53 Å². The molecule has 24 heavy (non-hydrogen) atoms. The second-order valence-electron chi connectivity index (χ2n) is 7.47. The van der Waals surface area contributed by atoms with E-state index in [1.54, 1.807) is 7.05 Å². The maximum Gasteiger partial charge on any atom is 0.407 e. The molecule has 1 saturated heterocycles. The summed E-state index contributed by atoms with van der Waals surface area (Å²) in [7, 11) is 1.77. The third-order valence-corrected chi connectivity index (χ3v) is 5.14. The second kappa shape index (κ2) is 10.0. The quantitative estimate of drug-likeness (QED) is 0.503. The van der Waals surface area contributed by atoms with Crippen LogP contribution >= 0.6 is 11.8 Å². The summed E-state index contributed by atoms with van der Waals surface area (Å²) in [4.78, 5) is 16.2. The van der Waals surface area contributed by atoms with Crippen molar-refractivity contribution in [3.8, 4) is 0 Å². The van der Waals surface area contributed by atoms with Gasteiger partial charge in [0, 0.05) is 25.4 Å². The summed E-state index contributed by atoms with van der Waals surface area (Å²) < 4.78 is 5.34. The summed E-state index contributed by atoms with van der Waals surface area (Å²) in [5.41, 5.74) is -0.490. The Morgan fingerprint density at radius 3 is 2.54 bits per heavy atom. The SMILES string of the molecule is CN=C(NCC1CCCS1)NCC(NC(=O)OC(C)(C)C)C(C)C. The van der Waals surface area contributed by atoms with Gasteiger partial charge in [-0.3, -0.25) is 4.99 Å². The summed E-state index contributed by atoms with van der Waals surface area (Å²) in [6.07, 6.45) is 2.19. The van der Waals surface area contributed by atoms with Crippen LogP contribution in [0.1, 0.15) is 47.5 Å². The molecule has 0 radical (unpaired) electrons. The number of carbonyl (C=O) groups is 1. The van der Waals surface area contributed by atoms with Crippen LogP contribution in [0.4, 0.5) is 4.79 Å². The highest BCUT2D eigenvalue weighted by Crippen LogP contribution is 2.25. The summed E-state index contributed by atoms with van der Waals surface area (Å²) >= 11 is 2.02. The molecule has 0 saturated carbocycles. The first-order chi connectivity index (χ1) is 11.2. The maximum absolute atomic E-state index is 12.0. The van der Waals surface area contributed by atoms with E-state index in [-0.39, 0.29) is 18.1 Å². The van der Waals surface area contributed by atoms with Gasteiger partial charge < -0.3 is 20.7 Å². The number of alkyl carbamates (subject to hydrolysis) is 1. The number of nitrogens with zero attached hydrogens (tertiary/aromatic N) is 1. The van der Waals surface area contributed by atoms with Gasteiger partial charge in [0.25, 0.3) is 0 Å². The Hall–Kier alpha value is -1.11. The minimum Gasteiger partial charge on any atom is -0.444 e. The summed E-state index contributed by atoms with van der Waals surface area (Å²) in [5, 5.41) is 10.3. The Morgan fingerprint density at radius 2 is 2.04 bits per heavy atom. The van der Waals surface area contributed by atoms with Crippen LogP contribution in [0.5, 0.6) is 0 Å². The Bertz CT molecular complexity index is 415. The fraction of sp³-hybridized carbons (Fsp3) is 0.882. The zero-order valence-corrected chi connectivity index (χ0v) is 16.8. The molecule has 1 rings (SSSR count). The molecule has 0 aliphatic carbocycles. The van der Waals surface area contributed by atoms with Gasteiger partial charge in [0.1, 0.15) is 5.60 Å². The molecule has 1 aliphatic rings. The van der Waals surface area contributed by atoms with E-state index >= 15 is 0 Å². The smallest absolute Gasteiger partial charge is 0.407 e. The third-order valence-electron chi connectivity index (χ3n) is 3.74. The number of hydrogen-bond donors (Lipinski definition) is 3. The first kappa shape index (κ1) is 20.9. The van der Waals surface area contributed by atoms with Crippen LogP contribution < -0.4 is 16.0 Å². The average molecular weight is 359 g/mol. The standard InChI is InChI=1S/C17H34N4O2S/c1-12(2)14(21-16(22)23-17(3,4)5)11-20-15(18-6)19-10-13-8-7-9-24-13/h12-14H,7-11H2,1-6H3,(H,21,22)(H2,18,19,20). The molecule has 0 bridgehead atoms. The lowest BCUT2D eigenvalue weighted by atomic mass is 10.0. The number of nitrogens with one attached hydrogen (secondary N) is 3. The molecule has 0 aromatic rings. The van der Waals surface area contributed by atoms with E-state index in [9.17, 15) is 4.79 Å². The Labute approximate surface area is 151 Å². The molecule has 1 fully saturated rings. The van der Waals surface area contributed by atoms with Gasteiger partial charge in [-0.25, -0.2) is 4.79 Å². The number of amides is 1. The first-order valence-corrected chi connectivity index (χ1v) is 9.81. The number of rotatable bonds is 6. The van der Waals surface area contributed by atoms with E-state index in [4.69, 9.17) is 4.74 Å². The molecule has 1 amide bonds. The molecular formula is C17H34N4O2S. The lowest BCUT2D eigenvalue weighted by Gasteiger charge is -2.26. The zero-order chi connectivity index (χ0) is 18.2.